The predicted octanol–water partition coefficient (Wildman–Crippen LogP) is 1.02. The number of nitrogens with zero attached hydrogens (tertiary/aromatic N) is 2. The summed E-state index contributed by atoms with van der Waals surface area (Å²) in [4.78, 5) is 28.4. The highest BCUT2D eigenvalue weighted by molar-refractivity contribution is 5.92. The molecule has 0 aromatic heterocycles. The maximum atomic E-state index is 12.4. The van der Waals surface area contributed by atoms with Crippen LogP contribution in [0.4, 0.5) is 5.69 Å². The molecule has 0 atom stereocenters. The standard InChI is InChI=1S/C18H28N4O3.2ClH/c1-21-7-9-22(10-8-21)18(24)13-15-4-3-5-16(12-15)20-17(23)14-19-6-11-25-2;;/h3-5,12,19H,6-11,13-14H2,1-2H3,(H,20,23);2*1H. The first-order chi connectivity index (χ1) is 12.1. The van der Waals surface area contributed by atoms with Crippen molar-refractivity contribution in [2.75, 3.05) is 65.3 Å². The average molecular weight is 421 g/mol. The van der Waals surface area contributed by atoms with Crippen LogP contribution in [0.1, 0.15) is 5.56 Å². The number of anilines is 1. The first-order valence-electron chi connectivity index (χ1n) is 8.63. The molecule has 1 heterocycles. The Morgan fingerprint density at radius 2 is 1.85 bits per heavy atom. The van der Waals surface area contributed by atoms with E-state index in [9.17, 15) is 9.59 Å². The van der Waals surface area contributed by atoms with Gasteiger partial charge in [0.05, 0.1) is 19.6 Å². The van der Waals surface area contributed by atoms with E-state index in [2.05, 4.69) is 22.6 Å². The number of carbonyl (C=O) groups excluding carboxylic acids is 2. The third kappa shape index (κ3) is 9.39. The van der Waals surface area contributed by atoms with E-state index in [0.717, 1.165) is 31.7 Å². The fourth-order valence-electron chi connectivity index (χ4n) is 2.68. The number of carbonyl (C=O) groups is 2. The second-order valence-corrected chi connectivity index (χ2v) is 6.28. The molecule has 0 saturated carbocycles. The van der Waals surface area contributed by atoms with Crippen LogP contribution in [0.3, 0.4) is 0 Å². The van der Waals surface area contributed by atoms with Crippen LogP contribution in [0.5, 0.6) is 0 Å². The zero-order valence-electron chi connectivity index (χ0n) is 15.9. The van der Waals surface area contributed by atoms with Crippen LogP contribution in [0.2, 0.25) is 0 Å². The van der Waals surface area contributed by atoms with Crippen molar-refractivity contribution in [3.8, 4) is 0 Å². The molecule has 0 spiro atoms. The van der Waals surface area contributed by atoms with E-state index in [-0.39, 0.29) is 43.2 Å². The molecule has 154 valence electrons. The summed E-state index contributed by atoms with van der Waals surface area (Å²) in [6.45, 7) is 4.81. The molecule has 1 saturated heterocycles. The number of methoxy groups -OCH3 is 1. The predicted molar refractivity (Wildman–Crippen MR) is 112 cm³/mol. The van der Waals surface area contributed by atoms with Crippen molar-refractivity contribution in [2.45, 2.75) is 6.42 Å². The zero-order valence-corrected chi connectivity index (χ0v) is 17.5. The summed E-state index contributed by atoms with van der Waals surface area (Å²) >= 11 is 0. The van der Waals surface area contributed by atoms with E-state index in [1.807, 2.05) is 29.2 Å². The van der Waals surface area contributed by atoms with Gasteiger partial charge in [-0.3, -0.25) is 9.59 Å². The van der Waals surface area contributed by atoms with E-state index < -0.39 is 0 Å². The Kier molecular flexibility index (Phi) is 13.0. The van der Waals surface area contributed by atoms with Crippen molar-refractivity contribution in [3.63, 3.8) is 0 Å². The van der Waals surface area contributed by atoms with Gasteiger partial charge in [-0.1, -0.05) is 12.1 Å². The zero-order chi connectivity index (χ0) is 18.1. The molecule has 9 heteroatoms. The van der Waals surface area contributed by atoms with E-state index in [1.54, 1.807) is 7.11 Å². The molecule has 0 bridgehead atoms. The molecule has 0 unspecified atom stereocenters. The van der Waals surface area contributed by atoms with Gasteiger partial charge >= 0.3 is 0 Å². The Balaban J connectivity index is 0.00000338. The van der Waals surface area contributed by atoms with Crippen LogP contribution >= 0.6 is 24.8 Å². The third-order valence-electron chi connectivity index (χ3n) is 4.19. The molecule has 0 radical (unpaired) electrons. The summed E-state index contributed by atoms with van der Waals surface area (Å²) in [5.41, 5.74) is 1.62. The monoisotopic (exact) mass is 420 g/mol. The van der Waals surface area contributed by atoms with Gasteiger partial charge in [0.2, 0.25) is 11.8 Å². The van der Waals surface area contributed by atoms with Gasteiger partial charge in [0.25, 0.3) is 0 Å². The smallest absolute Gasteiger partial charge is 0.238 e. The molecule has 1 aromatic carbocycles. The van der Waals surface area contributed by atoms with Crippen LogP contribution in [0.25, 0.3) is 0 Å². The highest BCUT2D eigenvalue weighted by Crippen LogP contribution is 2.13. The number of hydrogen-bond donors (Lipinski definition) is 2. The van der Waals surface area contributed by atoms with Gasteiger partial charge in [-0.25, -0.2) is 0 Å². The number of nitrogens with one attached hydrogen (secondary N) is 2. The SMILES string of the molecule is COCCNCC(=O)Nc1cccc(CC(=O)N2CCN(C)CC2)c1.Cl.Cl. The Morgan fingerprint density at radius 3 is 2.52 bits per heavy atom. The number of piperazine rings is 1. The summed E-state index contributed by atoms with van der Waals surface area (Å²) in [6, 6.07) is 7.47. The second kappa shape index (κ2) is 13.7. The van der Waals surface area contributed by atoms with E-state index in [0.29, 0.717) is 25.3 Å². The largest absolute Gasteiger partial charge is 0.383 e. The Morgan fingerprint density at radius 1 is 1.15 bits per heavy atom. The molecule has 2 N–H and O–H groups in total. The van der Waals surface area contributed by atoms with Gasteiger partial charge in [0.1, 0.15) is 0 Å². The van der Waals surface area contributed by atoms with E-state index in [4.69, 9.17) is 4.74 Å². The molecule has 1 aliphatic heterocycles. The molecule has 0 aliphatic carbocycles. The summed E-state index contributed by atoms with van der Waals surface area (Å²) in [7, 11) is 3.69. The molecule has 2 rings (SSSR count). The lowest BCUT2D eigenvalue weighted by atomic mass is 10.1. The van der Waals surface area contributed by atoms with Crippen LogP contribution in [0, 0.1) is 0 Å². The van der Waals surface area contributed by atoms with Gasteiger partial charge in [-0.05, 0) is 24.7 Å². The molecule has 1 fully saturated rings. The summed E-state index contributed by atoms with van der Waals surface area (Å²) < 4.78 is 4.92. The van der Waals surface area contributed by atoms with Crippen molar-refractivity contribution >= 4 is 42.3 Å². The number of hydrogen-bond acceptors (Lipinski definition) is 5. The van der Waals surface area contributed by atoms with Crippen LogP contribution in [-0.4, -0.2) is 81.6 Å². The van der Waals surface area contributed by atoms with Crippen molar-refractivity contribution < 1.29 is 14.3 Å². The molecule has 2 amide bonds. The van der Waals surface area contributed by atoms with Crippen LogP contribution in [0.15, 0.2) is 24.3 Å². The number of amides is 2. The van der Waals surface area contributed by atoms with Gasteiger partial charge < -0.3 is 25.2 Å². The quantitative estimate of drug-likeness (QED) is 0.614. The summed E-state index contributed by atoms with van der Waals surface area (Å²) in [5.74, 6) is 0.0245. The van der Waals surface area contributed by atoms with E-state index in [1.165, 1.54) is 0 Å². The maximum Gasteiger partial charge on any atom is 0.238 e. The Labute approximate surface area is 173 Å². The highest BCUT2D eigenvalue weighted by atomic mass is 35.5. The molecular formula is C18H30Cl2N4O3. The second-order valence-electron chi connectivity index (χ2n) is 6.28. The molecular weight excluding hydrogens is 391 g/mol. The average Bonchev–Trinajstić information content (AvgIpc) is 2.59. The van der Waals surface area contributed by atoms with Crippen molar-refractivity contribution in [1.82, 2.24) is 15.1 Å². The number of benzene rings is 1. The van der Waals surface area contributed by atoms with E-state index >= 15 is 0 Å². The minimum Gasteiger partial charge on any atom is -0.383 e. The highest BCUT2D eigenvalue weighted by Gasteiger charge is 2.19. The molecule has 1 aromatic rings. The lowest BCUT2D eigenvalue weighted by molar-refractivity contribution is -0.132. The number of rotatable bonds is 8. The normalized spacial score (nSPS) is 14.1. The Hall–Kier alpha value is -1.38. The van der Waals surface area contributed by atoms with Crippen molar-refractivity contribution in [1.29, 1.82) is 0 Å². The lowest BCUT2D eigenvalue weighted by Crippen LogP contribution is -2.47. The summed E-state index contributed by atoms with van der Waals surface area (Å²) in [5, 5.41) is 5.84. The minimum absolute atomic E-state index is 0. The molecule has 27 heavy (non-hydrogen) atoms. The first kappa shape index (κ1) is 25.6. The number of halogens is 2. The Bertz CT molecular complexity index is 581. The fourth-order valence-corrected chi connectivity index (χ4v) is 2.68. The molecule has 1 aliphatic rings. The topological polar surface area (TPSA) is 73.9 Å². The lowest BCUT2D eigenvalue weighted by Gasteiger charge is -2.32. The maximum absolute atomic E-state index is 12.4. The molecule has 7 nitrogen and oxygen atoms in total. The third-order valence-corrected chi connectivity index (χ3v) is 4.19. The number of likely N-dealkylation sites (N-methyl/N-ethyl adjacent to an activating group) is 1. The van der Waals surface area contributed by atoms with Crippen molar-refractivity contribution in [2.24, 2.45) is 0 Å². The van der Waals surface area contributed by atoms with Crippen molar-refractivity contribution in [3.05, 3.63) is 29.8 Å². The van der Waals surface area contributed by atoms with Gasteiger partial charge in [-0.15, -0.1) is 24.8 Å². The van der Waals surface area contributed by atoms with Gasteiger partial charge in [0, 0.05) is 45.5 Å². The van der Waals surface area contributed by atoms with Crippen LogP contribution < -0.4 is 10.6 Å². The number of ether oxygens (including phenoxy) is 1. The van der Waals surface area contributed by atoms with Gasteiger partial charge in [-0.2, -0.15) is 0 Å². The first-order valence-corrected chi connectivity index (χ1v) is 8.63. The van der Waals surface area contributed by atoms with Crippen LogP contribution in [-0.2, 0) is 20.7 Å². The fraction of sp³-hybridized carbons (Fsp3) is 0.556. The van der Waals surface area contributed by atoms with Gasteiger partial charge in [0.15, 0.2) is 0 Å². The summed E-state index contributed by atoms with van der Waals surface area (Å²) in [6.07, 6.45) is 0.361. The minimum atomic E-state index is -0.112.